The molecule has 0 amide bonds. The number of H-pyrrole nitrogens is 1. The van der Waals surface area contributed by atoms with E-state index in [4.69, 9.17) is 9.47 Å². The molecule has 0 radical (unpaired) electrons. The maximum absolute atomic E-state index is 12.1. The van der Waals surface area contributed by atoms with E-state index in [-0.39, 0.29) is 10.8 Å². The van der Waals surface area contributed by atoms with Gasteiger partial charge in [-0.25, -0.2) is 23.4 Å². The molecule has 3 aromatic heterocycles. The van der Waals surface area contributed by atoms with Gasteiger partial charge in [0.1, 0.15) is 23.3 Å². The Labute approximate surface area is 206 Å². The predicted molar refractivity (Wildman–Crippen MR) is 130 cm³/mol. The molecule has 5 aromatic rings. The number of aromatic nitrogens is 5. The van der Waals surface area contributed by atoms with E-state index in [1.807, 2.05) is 0 Å². The van der Waals surface area contributed by atoms with Crippen molar-refractivity contribution in [3.05, 3.63) is 78.9 Å². The summed E-state index contributed by atoms with van der Waals surface area (Å²) in [5, 5.41) is 9.43. The van der Waals surface area contributed by atoms with E-state index in [9.17, 15) is 13.7 Å². The van der Waals surface area contributed by atoms with Crippen molar-refractivity contribution in [1.29, 1.82) is 5.26 Å². The molecule has 0 saturated heterocycles. The van der Waals surface area contributed by atoms with Crippen LogP contribution in [0.2, 0.25) is 0 Å². The third kappa shape index (κ3) is 4.57. The van der Waals surface area contributed by atoms with Crippen LogP contribution in [0.1, 0.15) is 12.5 Å². The van der Waals surface area contributed by atoms with Crippen molar-refractivity contribution in [2.24, 2.45) is 0 Å². The molecule has 0 aliphatic carbocycles. The second-order valence-corrected chi connectivity index (χ2v) is 9.76. The Balaban J connectivity index is 1.57. The van der Waals surface area contributed by atoms with Gasteiger partial charge in [-0.15, -0.1) is 0 Å². The fourth-order valence-electron chi connectivity index (χ4n) is 3.37. The number of imidazole rings is 1. The first kappa shape index (κ1) is 22.9. The second kappa shape index (κ2) is 9.44. The number of ether oxygens (including phenoxy) is 2. The van der Waals surface area contributed by atoms with Crippen LogP contribution in [0.5, 0.6) is 23.0 Å². The maximum atomic E-state index is 12.1. The number of pyridine rings is 1. The number of aromatic amines is 1. The lowest BCUT2D eigenvalue weighted by molar-refractivity contribution is 0.417. The van der Waals surface area contributed by atoms with Gasteiger partial charge in [0.2, 0.25) is 0 Å². The average Bonchev–Trinajstić information content (AvgIpc) is 3.33. The van der Waals surface area contributed by atoms with Crippen molar-refractivity contribution in [1.82, 2.24) is 24.9 Å². The van der Waals surface area contributed by atoms with Crippen molar-refractivity contribution < 1.29 is 17.9 Å². The zero-order valence-corrected chi connectivity index (χ0v) is 19.7. The lowest BCUT2D eigenvalue weighted by Gasteiger charge is -2.13. The van der Waals surface area contributed by atoms with Crippen LogP contribution >= 0.6 is 0 Å². The van der Waals surface area contributed by atoms with E-state index >= 15 is 0 Å². The first-order valence-electron chi connectivity index (χ1n) is 10.8. The number of rotatable bonds is 7. The molecule has 3 heterocycles. The van der Waals surface area contributed by atoms with Gasteiger partial charge in [-0.1, -0.05) is 19.1 Å². The number of hydrogen-bond donors (Lipinski definition) is 1. The monoisotopic (exact) mass is 498 g/mol. The average molecular weight is 499 g/mol. The molecule has 0 aliphatic heterocycles. The number of sulfone groups is 1. The summed E-state index contributed by atoms with van der Waals surface area (Å²) in [7, 11) is -3.44. The zero-order chi connectivity index (χ0) is 25.1. The summed E-state index contributed by atoms with van der Waals surface area (Å²) in [6, 6.07) is 15.2. The number of nitrogens with one attached hydrogen (secondary N) is 1. The van der Waals surface area contributed by atoms with Gasteiger partial charge in [-0.05, 0) is 24.3 Å². The summed E-state index contributed by atoms with van der Waals surface area (Å²) >= 11 is 0. The third-order valence-corrected chi connectivity index (χ3v) is 6.86. The summed E-state index contributed by atoms with van der Waals surface area (Å²) < 4.78 is 36.3. The van der Waals surface area contributed by atoms with Gasteiger partial charge in [0.25, 0.3) is 0 Å². The van der Waals surface area contributed by atoms with Crippen LogP contribution in [-0.4, -0.2) is 39.1 Å². The Hall–Kier alpha value is -4.82. The molecule has 0 unspecified atom stereocenters. The van der Waals surface area contributed by atoms with E-state index in [2.05, 4.69) is 31.0 Å². The first-order chi connectivity index (χ1) is 17.5. The number of para-hydroxylation sites is 1. The molecule has 0 bridgehead atoms. The molecule has 0 aliphatic rings. The highest BCUT2D eigenvalue weighted by Crippen LogP contribution is 2.39. The van der Waals surface area contributed by atoms with Gasteiger partial charge < -0.3 is 14.5 Å². The van der Waals surface area contributed by atoms with Crippen molar-refractivity contribution >= 4 is 20.9 Å². The molecule has 0 atom stereocenters. The van der Waals surface area contributed by atoms with Gasteiger partial charge in [0.15, 0.2) is 32.2 Å². The minimum Gasteiger partial charge on any atom is -0.452 e. The predicted octanol–water partition coefficient (Wildman–Crippen LogP) is 4.66. The van der Waals surface area contributed by atoms with Gasteiger partial charge in [0.05, 0.1) is 34.7 Å². The standard InChI is InChI=1S/C25H18N6O4S/c1-2-36(32,33)24-8-7-17(14-29-24)34-22-11-18-19(31-25(30-18)20-15-27-9-10-28-20)12-23(22)35-21-6-4-3-5-16(21)13-26/h3-12,14-15H,2H2,1H3,(H,30,31). The number of hydrogen-bond acceptors (Lipinski definition) is 9. The van der Waals surface area contributed by atoms with Crippen molar-refractivity contribution in [3.63, 3.8) is 0 Å². The molecule has 0 saturated carbocycles. The van der Waals surface area contributed by atoms with Crippen LogP contribution in [0.3, 0.4) is 0 Å². The Bertz CT molecular complexity index is 1690. The topological polar surface area (TPSA) is 144 Å². The molecule has 2 aromatic carbocycles. The largest absolute Gasteiger partial charge is 0.452 e. The van der Waals surface area contributed by atoms with Crippen LogP contribution in [0, 0.1) is 11.3 Å². The Morgan fingerprint density at radius 2 is 1.81 bits per heavy atom. The van der Waals surface area contributed by atoms with Crippen molar-refractivity contribution in [2.45, 2.75) is 11.9 Å². The fourth-order valence-corrected chi connectivity index (χ4v) is 4.16. The van der Waals surface area contributed by atoms with E-state index in [0.717, 1.165) is 0 Å². The summed E-state index contributed by atoms with van der Waals surface area (Å²) in [5.41, 5.74) is 2.13. The van der Waals surface area contributed by atoms with Crippen LogP contribution in [0.25, 0.3) is 22.6 Å². The normalized spacial score (nSPS) is 11.2. The molecule has 0 fully saturated rings. The van der Waals surface area contributed by atoms with Crippen LogP contribution in [0.15, 0.2) is 78.3 Å². The minimum atomic E-state index is -3.44. The molecule has 11 heteroatoms. The maximum Gasteiger partial charge on any atom is 0.195 e. The van der Waals surface area contributed by atoms with Crippen molar-refractivity contribution in [2.75, 3.05) is 5.75 Å². The number of nitrogens with zero attached hydrogens (tertiary/aromatic N) is 5. The highest BCUT2D eigenvalue weighted by molar-refractivity contribution is 7.91. The molecule has 36 heavy (non-hydrogen) atoms. The number of nitriles is 1. The molecule has 0 spiro atoms. The quantitative estimate of drug-likeness (QED) is 0.338. The fraction of sp³-hybridized carbons (Fsp3) is 0.0800. The van der Waals surface area contributed by atoms with E-state index in [0.29, 0.717) is 51.1 Å². The van der Waals surface area contributed by atoms with Crippen LogP contribution < -0.4 is 9.47 Å². The molecular weight excluding hydrogens is 480 g/mol. The highest BCUT2D eigenvalue weighted by Gasteiger charge is 2.17. The second-order valence-electron chi connectivity index (χ2n) is 7.54. The smallest absolute Gasteiger partial charge is 0.195 e. The highest BCUT2D eigenvalue weighted by atomic mass is 32.2. The molecule has 178 valence electrons. The van der Waals surface area contributed by atoms with Gasteiger partial charge >= 0.3 is 0 Å². The van der Waals surface area contributed by atoms with E-state index in [1.54, 1.807) is 61.9 Å². The zero-order valence-electron chi connectivity index (χ0n) is 18.9. The lowest BCUT2D eigenvalue weighted by atomic mass is 10.2. The number of benzene rings is 2. The van der Waals surface area contributed by atoms with E-state index in [1.165, 1.54) is 18.3 Å². The Morgan fingerprint density at radius 1 is 0.972 bits per heavy atom. The first-order valence-corrected chi connectivity index (χ1v) is 12.5. The van der Waals surface area contributed by atoms with Crippen LogP contribution in [0.4, 0.5) is 0 Å². The summed E-state index contributed by atoms with van der Waals surface area (Å²) in [6.07, 6.45) is 6.06. The van der Waals surface area contributed by atoms with Crippen molar-refractivity contribution in [3.8, 4) is 40.6 Å². The third-order valence-electron chi connectivity index (χ3n) is 5.22. The van der Waals surface area contributed by atoms with Gasteiger partial charge in [0, 0.05) is 24.5 Å². The lowest BCUT2D eigenvalue weighted by Crippen LogP contribution is -2.05. The minimum absolute atomic E-state index is 0.0330. The molecule has 1 N–H and O–H groups in total. The Morgan fingerprint density at radius 3 is 2.53 bits per heavy atom. The molecular formula is C25H18N6O4S. The molecule has 10 nitrogen and oxygen atoms in total. The number of fused-ring (bicyclic) bond motifs is 1. The summed E-state index contributed by atoms with van der Waals surface area (Å²) in [6.45, 7) is 1.55. The summed E-state index contributed by atoms with van der Waals surface area (Å²) in [4.78, 5) is 20.2. The van der Waals surface area contributed by atoms with E-state index < -0.39 is 9.84 Å². The summed E-state index contributed by atoms with van der Waals surface area (Å²) in [5.74, 6) is 1.70. The van der Waals surface area contributed by atoms with Crippen LogP contribution in [-0.2, 0) is 9.84 Å². The van der Waals surface area contributed by atoms with Gasteiger partial charge in [-0.3, -0.25) is 4.98 Å². The van der Waals surface area contributed by atoms with Gasteiger partial charge in [-0.2, -0.15) is 5.26 Å². The Kier molecular flexibility index (Phi) is 6.02. The SMILES string of the molecule is CCS(=O)(=O)c1ccc(Oc2cc3[nH]c(-c4cnccn4)nc3cc2Oc2ccccc2C#N)cn1. The molecule has 5 rings (SSSR count).